The van der Waals surface area contributed by atoms with E-state index >= 15 is 0 Å². The molecule has 0 spiro atoms. The number of unbranched alkanes of at least 4 members (excludes halogenated alkanes) is 1. The van der Waals surface area contributed by atoms with Crippen LogP contribution in [0.25, 0.3) is 22.3 Å². The molecular formula is C19H22ClN3O. The molecule has 0 fully saturated rings. The van der Waals surface area contributed by atoms with Crippen LogP contribution in [0.15, 0.2) is 30.3 Å². The van der Waals surface area contributed by atoms with E-state index in [1.54, 1.807) is 7.11 Å². The maximum Gasteiger partial charge on any atom is 0.213 e. The first-order valence-electron chi connectivity index (χ1n) is 8.17. The molecule has 0 aliphatic carbocycles. The Morgan fingerprint density at radius 3 is 2.79 bits per heavy atom. The molecule has 0 aliphatic rings. The fourth-order valence-corrected chi connectivity index (χ4v) is 3.18. The lowest BCUT2D eigenvalue weighted by atomic mass is 10.0. The first-order valence-corrected chi connectivity index (χ1v) is 8.54. The molecule has 1 aromatic carbocycles. The minimum absolute atomic E-state index is 0.605. The summed E-state index contributed by atoms with van der Waals surface area (Å²) in [4.78, 5) is 8.12. The van der Waals surface area contributed by atoms with Gasteiger partial charge in [0.15, 0.2) is 0 Å². The number of halogens is 1. The van der Waals surface area contributed by atoms with Gasteiger partial charge in [-0.15, -0.1) is 0 Å². The number of nitrogens with one attached hydrogen (secondary N) is 1. The van der Waals surface area contributed by atoms with Gasteiger partial charge in [-0.25, -0.2) is 4.98 Å². The second-order valence-electron chi connectivity index (χ2n) is 5.88. The highest BCUT2D eigenvalue weighted by molar-refractivity contribution is 6.32. The minimum Gasteiger partial charge on any atom is -0.481 e. The van der Waals surface area contributed by atoms with Gasteiger partial charge in [0.1, 0.15) is 0 Å². The van der Waals surface area contributed by atoms with E-state index in [4.69, 9.17) is 22.1 Å². The number of nitrogens with zero attached hydrogens (tertiary/aromatic N) is 1. The largest absolute Gasteiger partial charge is 0.481 e. The van der Waals surface area contributed by atoms with Gasteiger partial charge in [0.25, 0.3) is 0 Å². The van der Waals surface area contributed by atoms with Crippen molar-refractivity contribution in [3.63, 3.8) is 0 Å². The Kier molecular flexibility index (Phi) is 5.07. The van der Waals surface area contributed by atoms with Crippen LogP contribution in [0.2, 0.25) is 5.02 Å². The number of methoxy groups -OCH3 is 1. The Hall–Kier alpha value is -2.04. The number of aromatic amines is 1. The van der Waals surface area contributed by atoms with Gasteiger partial charge in [-0.3, -0.25) is 0 Å². The normalized spacial score (nSPS) is 11.2. The van der Waals surface area contributed by atoms with Gasteiger partial charge in [0.05, 0.1) is 24.0 Å². The number of fused-ring (bicyclic) bond motifs is 1. The van der Waals surface area contributed by atoms with E-state index in [1.807, 2.05) is 31.2 Å². The average Bonchev–Trinajstić information content (AvgIpc) is 2.98. The van der Waals surface area contributed by atoms with Crippen LogP contribution in [0.4, 0.5) is 0 Å². The smallest absolute Gasteiger partial charge is 0.213 e. The zero-order valence-electron chi connectivity index (χ0n) is 14.0. The lowest BCUT2D eigenvalue weighted by Gasteiger charge is -2.06. The monoisotopic (exact) mass is 343 g/mol. The summed E-state index contributed by atoms with van der Waals surface area (Å²) in [5, 5.41) is 1.97. The molecule has 0 unspecified atom stereocenters. The first kappa shape index (κ1) is 16.8. The number of pyridine rings is 1. The Morgan fingerprint density at radius 1 is 1.21 bits per heavy atom. The number of benzene rings is 1. The fourth-order valence-electron chi connectivity index (χ4n) is 3.03. The molecule has 0 radical (unpaired) electrons. The Bertz CT molecular complexity index is 857. The molecule has 0 amide bonds. The summed E-state index contributed by atoms with van der Waals surface area (Å²) in [5.74, 6) is 0.605. The fraction of sp³-hybridized carbons (Fsp3) is 0.316. The highest BCUT2D eigenvalue weighted by atomic mass is 35.5. The van der Waals surface area contributed by atoms with Crippen molar-refractivity contribution in [3.05, 3.63) is 46.5 Å². The molecule has 3 N–H and O–H groups in total. The number of ether oxygens (including phenoxy) is 1. The molecule has 2 aromatic heterocycles. The second kappa shape index (κ2) is 7.24. The zero-order valence-corrected chi connectivity index (χ0v) is 14.8. The van der Waals surface area contributed by atoms with Crippen LogP contribution in [-0.4, -0.2) is 23.6 Å². The van der Waals surface area contributed by atoms with Crippen LogP contribution < -0.4 is 10.5 Å². The topological polar surface area (TPSA) is 63.9 Å². The predicted octanol–water partition coefficient (Wildman–Crippen LogP) is 4.48. The van der Waals surface area contributed by atoms with E-state index < -0.39 is 0 Å². The van der Waals surface area contributed by atoms with Crippen LogP contribution in [0.5, 0.6) is 5.88 Å². The summed E-state index contributed by atoms with van der Waals surface area (Å²) in [6, 6.07) is 9.85. The third-order valence-corrected chi connectivity index (χ3v) is 4.75. The predicted molar refractivity (Wildman–Crippen MR) is 99.8 cm³/mol. The Morgan fingerprint density at radius 2 is 2.04 bits per heavy atom. The molecule has 126 valence electrons. The lowest BCUT2D eigenvalue weighted by molar-refractivity contribution is 0.398. The Balaban J connectivity index is 2.17. The van der Waals surface area contributed by atoms with E-state index in [0.29, 0.717) is 12.4 Å². The highest BCUT2D eigenvalue weighted by Crippen LogP contribution is 2.35. The Labute approximate surface area is 147 Å². The van der Waals surface area contributed by atoms with Crippen LogP contribution in [0.1, 0.15) is 24.0 Å². The molecule has 0 aliphatic heterocycles. The summed E-state index contributed by atoms with van der Waals surface area (Å²) in [6.07, 6.45) is 3.00. The molecule has 4 nitrogen and oxygen atoms in total. The molecule has 3 aromatic rings. The summed E-state index contributed by atoms with van der Waals surface area (Å²) in [6.45, 7) is 2.74. The van der Waals surface area contributed by atoms with Gasteiger partial charge in [0.2, 0.25) is 5.88 Å². The summed E-state index contributed by atoms with van der Waals surface area (Å²) >= 11 is 6.30. The minimum atomic E-state index is 0.605. The van der Waals surface area contributed by atoms with Crippen molar-refractivity contribution < 1.29 is 4.74 Å². The maximum absolute atomic E-state index is 6.30. The van der Waals surface area contributed by atoms with Gasteiger partial charge < -0.3 is 15.5 Å². The van der Waals surface area contributed by atoms with Gasteiger partial charge >= 0.3 is 0 Å². The zero-order chi connectivity index (χ0) is 17.1. The van der Waals surface area contributed by atoms with Crippen molar-refractivity contribution in [3.8, 4) is 17.3 Å². The molecule has 2 heterocycles. The number of nitrogens with two attached hydrogens (primary N) is 1. The van der Waals surface area contributed by atoms with Crippen LogP contribution >= 0.6 is 11.6 Å². The van der Waals surface area contributed by atoms with E-state index in [0.717, 1.165) is 46.8 Å². The van der Waals surface area contributed by atoms with Crippen molar-refractivity contribution in [2.45, 2.75) is 26.2 Å². The number of aromatic nitrogens is 2. The molecule has 3 rings (SSSR count). The van der Waals surface area contributed by atoms with Crippen LogP contribution in [0, 0.1) is 6.92 Å². The van der Waals surface area contributed by atoms with E-state index in [9.17, 15) is 0 Å². The molecule has 24 heavy (non-hydrogen) atoms. The molecule has 5 heteroatoms. The van der Waals surface area contributed by atoms with Crippen molar-refractivity contribution in [1.29, 1.82) is 0 Å². The molecule has 0 bridgehead atoms. The molecule has 0 atom stereocenters. The van der Waals surface area contributed by atoms with Gasteiger partial charge in [-0.1, -0.05) is 23.7 Å². The van der Waals surface area contributed by atoms with Crippen LogP contribution in [0.3, 0.4) is 0 Å². The second-order valence-corrected chi connectivity index (χ2v) is 6.29. The third kappa shape index (κ3) is 3.12. The van der Waals surface area contributed by atoms with E-state index in [-0.39, 0.29) is 0 Å². The maximum atomic E-state index is 6.30. The lowest BCUT2D eigenvalue weighted by Crippen LogP contribution is -1.99. The van der Waals surface area contributed by atoms with Gasteiger partial charge in [-0.2, -0.15) is 0 Å². The van der Waals surface area contributed by atoms with Gasteiger partial charge in [-0.05, 0) is 56.0 Å². The van der Waals surface area contributed by atoms with Crippen molar-refractivity contribution in [2.75, 3.05) is 13.7 Å². The number of H-pyrrole nitrogens is 1. The highest BCUT2D eigenvalue weighted by Gasteiger charge is 2.16. The number of hydrogen-bond acceptors (Lipinski definition) is 3. The number of aryl methyl sites for hydroxylation is 2. The first-order chi connectivity index (χ1) is 11.7. The molecular weight excluding hydrogens is 322 g/mol. The third-order valence-electron chi connectivity index (χ3n) is 4.35. The quantitative estimate of drug-likeness (QED) is 0.648. The standard InChI is InChI=1S/C19H22ClN3O/c1-12-15(20)10-9-14-13(6-3-4-11-21)19(23-18(12)14)16-7-5-8-17(22-16)24-2/h5,7-10,23H,3-4,6,11,21H2,1-2H3. The molecule has 0 saturated carbocycles. The van der Waals surface area contributed by atoms with Crippen molar-refractivity contribution in [2.24, 2.45) is 5.73 Å². The SMILES string of the molecule is COc1cccc(-c2[nH]c3c(C)c(Cl)ccc3c2CCCCN)n1. The van der Waals surface area contributed by atoms with E-state index in [1.165, 1.54) is 10.9 Å². The van der Waals surface area contributed by atoms with Crippen molar-refractivity contribution in [1.82, 2.24) is 9.97 Å². The van der Waals surface area contributed by atoms with Crippen LogP contribution in [-0.2, 0) is 6.42 Å². The summed E-state index contributed by atoms with van der Waals surface area (Å²) < 4.78 is 5.27. The van der Waals surface area contributed by atoms with Crippen molar-refractivity contribution >= 4 is 22.5 Å². The molecule has 0 saturated heterocycles. The van der Waals surface area contributed by atoms with E-state index in [2.05, 4.69) is 16.0 Å². The number of hydrogen-bond donors (Lipinski definition) is 2. The van der Waals surface area contributed by atoms with Gasteiger partial charge in [0, 0.05) is 16.5 Å². The summed E-state index contributed by atoms with van der Waals surface area (Å²) in [5.41, 5.74) is 11.0. The average molecular weight is 344 g/mol. The summed E-state index contributed by atoms with van der Waals surface area (Å²) in [7, 11) is 1.63. The number of rotatable bonds is 6.